The predicted octanol–water partition coefficient (Wildman–Crippen LogP) is 3.29. The van der Waals surface area contributed by atoms with Crippen molar-refractivity contribution in [2.75, 3.05) is 0 Å². The van der Waals surface area contributed by atoms with Crippen LogP contribution >= 0.6 is 0 Å². The number of hydrogen-bond acceptors (Lipinski definition) is 2. The highest BCUT2D eigenvalue weighted by Crippen LogP contribution is 2.30. The number of nitrogens with one attached hydrogen (secondary N) is 1. The summed E-state index contributed by atoms with van der Waals surface area (Å²) in [5.41, 5.74) is 8.22. The predicted molar refractivity (Wildman–Crippen MR) is 83.4 cm³/mol. The fourth-order valence-electron chi connectivity index (χ4n) is 2.62. The van der Waals surface area contributed by atoms with Crippen molar-refractivity contribution in [2.24, 2.45) is 11.7 Å². The van der Waals surface area contributed by atoms with Crippen LogP contribution in [0.1, 0.15) is 29.4 Å². The van der Waals surface area contributed by atoms with Crippen LogP contribution in [0.25, 0.3) is 16.8 Å². The molecule has 112 valence electrons. The van der Waals surface area contributed by atoms with Crippen molar-refractivity contribution in [1.82, 2.24) is 9.97 Å². The van der Waals surface area contributed by atoms with E-state index >= 15 is 0 Å². The molecule has 1 aliphatic rings. The molecule has 0 aromatic carbocycles. The number of hydrogen-bond donors (Lipinski definition) is 2. The molecule has 4 nitrogen and oxygen atoms in total. The molecule has 2 heterocycles. The van der Waals surface area contributed by atoms with Gasteiger partial charge in [-0.1, -0.05) is 25.2 Å². The number of aromatic nitrogens is 2. The first kappa shape index (κ1) is 14.3. The van der Waals surface area contributed by atoms with E-state index in [1.54, 1.807) is 12.1 Å². The SMILES string of the molecule is CC1C=C(c2[nH]c(-c3ccncc3F)cc2C(N)=O)C=CC1. The number of carbonyl (C=O) groups excluding carboxylic acids is 1. The Morgan fingerprint density at radius 3 is 3.00 bits per heavy atom. The van der Waals surface area contributed by atoms with Crippen molar-refractivity contribution in [3.63, 3.8) is 0 Å². The summed E-state index contributed by atoms with van der Waals surface area (Å²) in [6, 6.07) is 3.15. The van der Waals surface area contributed by atoms with Gasteiger partial charge in [-0.05, 0) is 30.0 Å². The molecule has 0 aliphatic heterocycles. The quantitative estimate of drug-likeness (QED) is 0.912. The molecule has 1 aliphatic carbocycles. The lowest BCUT2D eigenvalue weighted by Gasteiger charge is -2.12. The van der Waals surface area contributed by atoms with Gasteiger partial charge in [0.15, 0.2) is 5.82 Å². The fraction of sp³-hybridized carbons (Fsp3) is 0.176. The molecule has 0 saturated carbocycles. The molecule has 1 atom stereocenters. The lowest BCUT2D eigenvalue weighted by Crippen LogP contribution is -2.12. The second-order valence-electron chi connectivity index (χ2n) is 5.43. The van der Waals surface area contributed by atoms with E-state index in [2.05, 4.69) is 29.0 Å². The third-order valence-corrected chi connectivity index (χ3v) is 3.70. The molecule has 3 rings (SSSR count). The average molecular weight is 297 g/mol. The number of amides is 1. The monoisotopic (exact) mass is 297 g/mol. The normalized spacial score (nSPS) is 17.4. The molecular weight excluding hydrogens is 281 g/mol. The summed E-state index contributed by atoms with van der Waals surface area (Å²) in [5.74, 6) is -0.613. The number of nitrogens with zero attached hydrogens (tertiary/aromatic N) is 1. The second-order valence-corrected chi connectivity index (χ2v) is 5.43. The van der Waals surface area contributed by atoms with E-state index in [1.165, 1.54) is 6.20 Å². The van der Waals surface area contributed by atoms with Crippen LogP contribution in [0.2, 0.25) is 0 Å². The van der Waals surface area contributed by atoms with Gasteiger partial charge in [0.25, 0.3) is 5.91 Å². The van der Waals surface area contributed by atoms with Gasteiger partial charge in [0.05, 0.1) is 17.5 Å². The standard InChI is InChI=1S/C17H16FN3O/c1-10-3-2-4-11(7-10)16-13(17(19)22)8-15(21-16)12-5-6-20-9-14(12)18/h2,4-10,21H,3H2,1H3,(H2,19,22). The number of rotatable bonds is 3. The third kappa shape index (κ3) is 2.57. The van der Waals surface area contributed by atoms with E-state index in [0.29, 0.717) is 28.4 Å². The highest BCUT2D eigenvalue weighted by molar-refractivity contribution is 6.00. The molecule has 0 radical (unpaired) electrons. The molecule has 5 heteroatoms. The zero-order chi connectivity index (χ0) is 15.7. The van der Waals surface area contributed by atoms with Crippen LogP contribution in [0.4, 0.5) is 4.39 Å². The number of primary amides is 1. The van der Waals surface area contributed by atoms with Crippen LogP contribution in [0.3, 0.4) is 0 Å². The van der Waals surface area contributed by atoms with Gasteiger partial charge >= 0.3 is 0 Å². The third-order valence-electron chi connectivity index (χ3n) is 3.70. The molecule has 2 aromatic heterocycles. The lowest BCUT2D eigenvalue weighted by atomic mass is 9.95. The minimum absolute atomic E-state index is 0.358. The Balaban J connectivity index is 2.13. The van der Waals surface area contributed by atoms with E-state index in [0.717, 1.165) is 18.2 Å². The topological polar surface area (TPSA) is 71.8 Å². The van der Waals surface area contributed by atoms with E-state index in [-0.39, 0.29) is 0 Å². The van der Waals surface area contributed by atoms with Crippen molar-refractivity contribution < 1.29 is 9.18 Å². The summed E-state index contributed by atoms with van der Waals surface area (Å²) in [7, 11) is 0. The highest BCUT2D eigenvalue weighted by Gasteiger charge is 2.19. The van der Waals surface area contributed by atoms with Crippen LogP contribution in [-0.4, -0.2) is 15.9 Å². The summed E-state index contributed by atoms with van der Waals surface area (Å²) >= 11 is 0. The Morgan fingerprint density at radius 2 is 2.32 bits per heavy atom. The van der Waals surface area contributed by atoms with Crippen LogP contribution in [-0.2, 0) is 0 Å². The van der Waals surface area contributed by atoms with Gasteiger partial charge in [-0.2, -0.15) is 0 Å². The Hall–Kier alpha value is -2.69. The summed E-state index contributed by atoms with van der Waals surface area (Å²) in [5, 5.41) is 0. The Morgan fingerprint density at radius 1 is 1.50 bits per heavy atom. The summed E-state index contributed by atoms with van der Waals surface area (Å²) in [6.07, 6.45) is 9.68. The molecule has 2 aromatic rings. The molecular formula is C17H16FN3O. The highest BCUT2D eigenvalue weighted by atomic mass is 19.1. The maximum Gasteiger partial charge on any atom is 0.250 e. The van der Waals surface area contributed by atoms with Crippen LogP contribution < -0.4 is 5.73 Å². The van der Waals surface area contributed by atoms with Crippen LogP contribution in [0.5, 0.6) is 0 Å². The van der Waals surface area contributed by atoms with Crippen molar-refractivity contribution >= 4 is 11.5 Å². The van der Waals surface area contributed by atoms with Crippen LogP contribution in [0.15, 0.2) is 42.8 Å². The van der Waals surface area contributed by atoms with Crippen molar-refractivity contribution in [1.29, 1.82) is 0 Å². The van der Waals surface area contributed by atoms with Gasteiger partial charge in [-0.15, -0.1) is 0 Å². The minimum Gasteiger partial charge on any atom is -0.366 e. The number of aromatic amines is 1. The molecule has 0 bridgehead atoms. The van der Waals surface area contributed by atoms with Crippen molar-refractivity contribution in [2.45, 2.75) is 13.3 Å². The molecule has 0 saturated heterocycles. The summed E-state index contributed by atoms with van der Waals surface area (Å²) in [6.45, 7) is 2.10. The molecule has 0 spiro atoms. The van der Waals surface area contributed by atoms with Crippen molar-refractivity contribution in [3.8, 4) is 11.3 Å². The smallest absolute Gasteiger partial charge is 0.250 e. The number of H-pyrrole nitrogens is 1. The van der Waals surface area contributed by atoms with Gasteiger partial charge in [0.2, 0.25) is 0 Å². The minimum atomic E-state index is -0.542. The van der Waals surface area contributed by atoms with E-state index in [4.69, 9.17) is 5.73 Å². The first-order valence-corrected chi connectivity index (χ1v) is 7.07. The first-order chi connectivity index (χ1) is 10.6. The average Bonchev–Trinajstić information content (AvgIpc) is 2.93. The lowest BCUT2D eigenvalue weighted by molar-refractivity contribution is 0.1000. The van der Waals surface area contributed by atoms with Gasteiger partial charge in [0.1, 0.15) is 0 Å². The number of pyridine rings is 1. The number of halogens is 1. The van der Waals surface area contributed by atoms with Gasteiger partial charge < -0.3 is 10.7 Å². The van der Waals surface area contributed by atoms with Gasteiger partial charge in [-0.3, -0.25) is 9.78 Å². The maximum absolute atomic E-state index is 13.9. The number of carbonyl (C=O) groups is 1. The fourth-order valence-corrected chi connectivity index (χ4v) is 2.62. The number of nitrogens with two attached hydrogens (primary N) is 1. The van der Waals surface area contributed by atoms with E-state index in [9.17, 15) is 9.18 Å². The van der Waals surface area contributed by atoms with Gasteiger partial charge in [-0.25, -0.2) is 4.39 Å². The summed E-state index contributed by atoms with van der Waals surface area (Å²) in [4.78, 5) is 18.6. The first-order valence-electron chi connectivity index (χ1n) is 7.07. The largest absolute Gasteiger partial charge is 0.366 e. The molecule has 0 fully saturated rings. The van der Waals surface area contributed by atoms with E-state index in [1.807, 2.05) is 6.08 Å². The Kier molecular flexibility index (Phi) is 3.63. The van der Waals surface area contributed by atoms with E-state index < -0.39 is 11.7 Å². The molecule has 3 N–H and O–H groups in total. The maximum atomic E-state index is 13.9. The zero-order valence-corrected chi connectivity index (χ0v) is 12.1. The van der Waals surface area contributed by atoms with Crippen molar-refractivity contribution in [3.05, 3.63) is 59.8 Å². The summed E-state index contributed by atoms with van der Waals surface area (Å²) < 4.78 is 13.9. The Bertz CT molecular complexity index is 789. The van der Waals surface area contributed by atoms with Gasteiger partial charge in [0, 0.05) is 17.5 Å². The molecule has 22 heavy (non-hydrogen) atoms. The molecule has 1 amide bonds. The Labute approximate surface area is 127 Å². The zero-order valence-electron chi connectivity index (χ0n) is 12.1. The second kappa shape index (κ2) is 5.60. The van der Waals surface area contributed by atoms with Crippen LogP contribution in [0, 0.1) is 11.7 Å². The molecule has 1 unspecified atom stereocenters. The number of allylic oxidation sites excluding steroid dienone is 4.